The fourth-order valence-corrected chi connectivity index (χ4v) is 1.45. The second kappa shape index (κ2) is 14.4. The van der Waals surface area contributed by atoms with Crippen molar-refractivity contribution in [1.82, 2.24) is 0 Å². The van der Waals surface area contributed by atoms with Gasteiger partial charge in [-0.05, 0) is 59.7 Å². The summed E-state index contributed by atoms with van der Waals surface area (Å²) in [7, 11) is 3.04. The molecule has 2 rings (SSSR count). The Morgan fingerprint density at radius 1 is 0.667 bits per heavy atom. The molecule has 0 aliphatic rings. The summed E-state index contributed by atoms with van der Waals surface area (Å²) in [6.07, 6.45) is 0. The molecule has 24 heavy (non-hydrogen) atoms. The van der Waals surface area contributed by atoms with E-state index in [4.69, 9.17) is 9.47 Å². The maximum Gasteiger partial charge on any atom is 1.00 e. The Bertz CT molecular complexity index is 569. The molecule has 0 spiro atoms. The van der Waals surface area contributed by atoms with Crippen LogP contribution < -0.4 is 122 Å². The van der Waals surface area contributed by atoms with Crippen molar-refractivity contribution in [2.75, 3.05) is 14.2 Å². The van der Waals surface area contributed by atoms with Gasteiger partial charge >= 0.3 is 103 Å². The van der Waals surface area contributed by atoms with Gasteiger partial charge in [0.05, 0.1) is 26.2 Å². The van der Waals surface area contributed by atoms with Gasteiger partial charge in [0.25, 0.3) is 0 Å². The van der Waals surface area contributed by atoms with Gasteiger partial charge in [0.2, 0.25) is 0 Å². The third-order valence-corrected chi connectivity index (χ3v) is 2.65. The van der Waals surface area contributed by atoms with Crippen LogP contribution in [0.3, 0.4) is 0 Å². The zero-order valence-electron chi connectivity index (χ0n) is 14.1. The predicted octanol–water partition coefficient (Wildman–Crippen LogP) is -5.87. The summed E-state index contributed by atoms with van der Waals surface area (Å²) in [4.78, 5) is 20.5. The van der Waals surface area contributed by atoms with Gasteiger partial charge in [0.1, 0.15) is 11.5 Å². The number of carboxylic acids is 2. The normalized spacial score (nSPS) is 8.42. The van der Waals surface area contributed by atoms with E-state index in [-0.39, 0.29) is 114 Å². The molecule has 6 nitrogen and oxygen atoms in total. The largest absolute Gasteiger partial charge is 1.00 e. The Kier molecular flexibility index (Phi) is 15.9. The third-order valence-electron chi connectivity index (χ3n) is 2.65. The quantitative estimate of drug-likeness (QED) is 0.490. The summed E-state index contributed by atoms with van der Waals surface area (Å²) in [5.41, 5.74) is 0.316. The number of hydrogen-bond acceptors (Lipinski definition) is 6. The van der Waals surface area contributed by atoms with Gasteiger partial charge in [-0.15, -0.1) is 0 Å². The minimum absolute atomic E-state index is 0. The maximum atomic E-state index is 10.2. The summed E-state index contributed by atoms with van der Waals surface area (Å²) >= 11 is 0. The fourth-order valence-electron chi connectivity index (χ4n) is 1.45. The fraction of sp³-hybridized carbons (Fsp3) is 0.125. The molecule has 0 N–H and O–H groups in total. The Labute approximate surface area is 225 Å². The molecule has 0 aromatic heterocycles. The monoisotopic (exact) mass is 380 g/mol. The summed E-state index contributed by atoms with van der Waals surface area (Å²) in [6.45, 7) is 0. The first-order valence-corrected chi connectivity index (χ1v) is 6.18. The average molecular weight is 380 g/mol. The first-order valence-electron chi connectivity index (χ1n) is 6.18. The molecule has 0 saturated heterocycles. The van der Waals surface area contributed by atoms with Crippen molar-refractivity contribution < 1.29 is 132 Å². The van der Waals surface area contributed by atoms with Crippen molar-refractivity contribution >= 4 is 11.9 Å². The SMILES string of the molecule is COc1ccc(C(=O)[O-])cc1.COc1ccc(C(=O)[O-])cc1.[K+].[K+]. The van der Waals surface area contributed by atoms with Crippen LogP contribution in [0.15, 0.2) is 48.5 Å². The minimum Gasteiger partial charge on any atom is -0.545 e. The van der Waals surface area contributed by atoms with E-state index in [2.05, 4.69) is 0 Å². The molecule has 0 bridgehead atoms. The molecule has 2 aromatic carbocycles. The molecule has 0 saturated carbocycles. The zero-order valence-corrected chi connectivity index (χ0v) is 20.3. The van der Waals surface area contributed by atoms with E-state index < -0.39 is 11.9 Å². The molecule has 0 aliphatic heterocycles. The number of carbonyl (C=O) groups excluding carboxylic acids is 2. The molecule has 0 unspecified atom stereocenters. The van der Waals surface area contributed by atoms with Crippen LogP contribution in [0.1, 0.15) is 20.7 Å². The molecule has 8 heteroatoms. The van der Waals surface area contributed by atoms with Crippen LogP contribution in [-0.2, 0) is 0 Å². The van der Waals surface area contributed by atoms with Gasteiger partial charge in [0.15, 0.2) is 0 Å². The second-order valence-electron chi connectivity index (χ2n) is 4.03. The Balaban J connectivity index is 0. The van der Waals surface area contributed by atoms with Gasteiger partial charge in [-0.3, -0.25) is 0 Å². The van der Waals surface area contributed by atoms with Crippen molar-refractivity contribution in [3.05, 3.63) is 59.7 Å². The number of ether oxygens (including phenoxy) is 2. The molecule has 0 fully saturated rings. The summed E-state index contributed by atoms with van der Waals surface area (Å²) in [5.74, 6) is -1.08. The molecule has 0 radical (unpaired) electrons. The van der Waals surface area contributed by atoms with Crippen molar-refractivity contribution in [3.63, 3.8) is 0 Å². The number of carboxylic acid groups (broad SMARTS) is 2. The molecular weight excluding hydrogens is 366 g/mol. The van der Waals surface area contributed by atoms with Crippen LogP contribution >= 0.6 is 0 Å². The first-order chi connectivity index (χ1) is 10.5. The van der Waals surface area contributed by atoms with E-state index in [1.165, 1.54) is 38.5 Å². The smallest absolute Gasteiger partial charge is 0.545 e. The molecule has 116 valence electrons. The van der Waals surface area contributed by atoms with Crippen LogP contribution in [-0.4, -0.2) is 26.2 Å². The van der Waals surface area contributed by atoms with Crippen LogP contribution in [0.4, 0.5) is 0 Å². The van der Waals surface area contributed by atoms with Crippen molar-refractivity contribution in [3.8, 4) is 11.5 Å². The number of methoxy groups -OCH3 is 2. The van der Waals surface area contributed by atoms with Crippen LogP contribution in [0, 0.1) is 0 Å². The molecular formula is C16H14K2O6. The van der Waals surface area contributed by atoms with Gasteiger partial charge in [-0.2, -0.15) is 0 Å². The van der Waals surface area contributed by atoms with E-state index in [0.29, 0.717) is 11.5 Å². The van der Waals surface area contributed by atoms with E-state index in [0.717, 1.165) is 0 Å². The predicted molar refractivity (Wildman–Crippen MR) is 74.6 cm³/mol. The van der Waals surface area contributed by atoms with Crippen molar-refractivity contribution in [2.24, 2.45) is 0 Å². The van der Waals surface area contributed by atoms with Gasteiger partial charge in [-0.25, -0.2) is 0 Å². The molecule has 0 atom stereocenters. The van der Waals surface area contributed by atoms with E-state index in [1.54, 1.807) is 24.3 Å². The van der Waals surface area contributed by atoms with E-state index >= 15 is 0 Å². The summed E-state index contributed by atoms with van der Waals surface area (Å²) < 4.78 is 9.67. The van der Waals surface area contributed by atoms with Gasteiger partial charge in [-0.1, -0.05) is 0 Å². The Hall–Kier alpha value is 0.253. The van der Waals surface area contributed by atoms with Crippen molar-refractivity contribution in [2.45, 2.75) is 0 Å². The minimum atomic E-state index is -1.17. The Morgan fingerprint density at radius 3 is 1.08 bits per heavy atom. The van der Waals surface area contributed by atoms with Crippen LogP contribution in [0.5, 0.6) is 11.5 Å². The van der Waals surface area contributed by atoms with E-state index in [1.807, 2.05) is 0 Å². The van der Waals surface area contributed by atoms with Crippen molar-refractivity contribution in [1.29, 1.82) is 0 Å². The first kappa shape index (κ1) is 26.5. The second-order valence-corrected chi connectivity index (χ2v) is 4.03. The number of carbonyl (C=O) groups is 2. The van der Waals surface area contributed by atoms with Crippen LogP contribution in [0.2, 0.25) is 0 Å². The molecule has 0 heterocycles. The Morgan fingerprint density at radius 2 is 0.917 bits per heavy atom. The summed E-state index contributed by atoms with van der Waals surface area (Å²) in [6, 6.07) is 12.1. The number of hydrogen-bond donors (Lipinski definition) is 0. The molecule has 0 aliphatic carbocycles. The van der Waals surface area contributed by atoms with Crippen LogP contribution in [0.25, 0.3) is 0 Å². The molecule has 2 aromatic rings. The summed E-state index contributed by atoms with van der Waals surface area (Å²) in [5, 5.41) is 20.5. The standard InChI is InChI=1S/2C8H8O3.2K/c2*1-11-7-4-2-6(3-5-7)8(9)10;;/h2*2-5H,1H3,(H,9,10);;/q;;2*+1/p-2. The molecule has 0 amide bonds. The maximum absolute atomic E-state index is 10.2. The number of aromatic carboxylic acids is 2. The topological polar surface area (TPSA) is 98.7 Å². The number of benzene rings is 2. The third kappa shape index (κ3) is 9.66. The zero-order chi connectivity index (χ0) is 16.5. The van der Waals surface area contributed by atoms with Gasteiger partial charge in [0, 0.05) is 0 Å². The average Bonchev–Trinajstić information content (AvgIpc) is 2.55. The number of rotatable bonds is 4. The van der Waals surface area contributed by atoms with Gasteiger partial charge < -0.3 is 29.3 Å². The van der Waals surface area contributed by atoms with E-state index in [9.17, 15) is 19.8 Å².